The first-order chi connectivity index (χ1) is 18.4. The third kappa shape index (κ3) is 9.28. The number of carbonyl (C=O) groups excluding carboxylic acids is 2. The predicted molar refractivity (Wildman–Crippen MR) is 149 cm³/mol. The summed E-state index contributed by atoms with van der Waals surface area (Å²) in [5.74, 6) is -1.58. The van der Waals surface area contributed by atoms with Crippen LogP contribution in [0.3, 0.4) is 0 Å². The molecule has 0 aromatic heterocycles. The van der Waals surface area contributed by atoms with Gasteiger partial charge in [-0.05, 0) is 85.4 Å². The topological polar surface area (TPSA) is 123 Å². The van der Waals surface area contributed by atoms with E-state index in [1.807, 2.05) is 4.90 Å². The van der Waals surface area contributed by atoms with Gasteiger partial charge in [0.1, 0.15) is 17.0 Å². The van der Waals surface area contributed by atoms with Gasteiger partial charge in [0, 0.05) is 32.3 Å². The molecule has 226 valence electrons. The molecule has 1 aliphatic rings. The maximum Gasteiger partial charge on any atom is 0.419 e. The molecule has 1 saturated heterocycles. The van der Waals surface area contributed by atoms with E-state index < -0.39 is 41.9 Å². The standard InChI is InChI=1S/C28H44FN2O8P/c1-8-37-40(36)18-17-30(19-21-11-13-22(29)14-12-21)20-28(40,23(32)33)15-9-10-16-31(24(34)38-26(2,3)4)25(35)39-27(5,6)7/h11-14H,8-10,15-20H2,1-7H3,(H,32,33). The zero-order valence-corrected chi connectivity index (χ0v) is 25.6. The van der Waals surface area contributed by atoms with E-state index in [1.54, 1.807) is 60.6 Å². The molecule has 0 radical (unpaired) electrons. The molecule has 2 unspecified atom stereocenters. The summed E-state index contributed by atoms with van der Waals surface area (Å²) in [5, 5.41) is 8.75. The lowest BCUT2D eigenvalue weighted by molar-refractivity contribution is -0.141. The Morgan fingerprint density at radius 2 is 1.57 bits per heavy atom. The molecule has 2 amide bonds. The number of carbonyl (C=O) groups is 3. The van der Waals surface area contributed by atoms with Crippen molar-refractivity contribution in [2.24, 2.45) is 0 Å². The molecule has 1 aromatic carbocycles. The van der Waals surface area contributed by atoms with E-state index in [0.717, 1.165) is 10.5 Å². The minimum absolute atomic E-state index is 0.00993. The molecule has 0 saturated carbocycles. The first-order valence-electron chi connectivity index (χ1n) is 13.6. The number of ether oxygens (including phenoxy) is 2. The fraction of sp³-hybridized carbons (Fsp3) is 0.679. The van der Waals surface area contributed by atoms with E-state index in [1.165, 1.54) is 12.1 Å². The van der Waals surface area contributed by atoms with E-state index in [-0.39, 0.29) is 50.9 Å². The number of carboxylic acids is 1. The van der Waals surface area contributed by atoms with Crippen molar-refractivity contribution >= 4 is 25.5 Å². The predicted octanol–water partition coefficient (Wildman–Crippen LogP) is 6.12. The number of amides is 2. The summed E-state index contributed by atoms with van der Waals surface area (Å²) in [6.07, 6.45) is -1.17. The zero-order chi connectivity index (χ0) is 30.4. The van der Waals surface area contributed by atoms with Gasteiger partial charge in [0.25, 0.3) is 0 Å². The summed E-state index contributed by atoms with van der Waals surface area (Å²) >= 11 is 0. The molecule has 2 atom stereocenters. The number of aliphatic carboxylic acids is 1. The van der Waals surface area contributed by atoms with Gasteiger partial charge in [-0.2, -0.15) is 0 Å². The number of unbranched alkanes of at least 4 members (excludes halogenated alkanes) is 1. The molecule has 0 bridgehead atoms. The van der Waals surface area contributed by atoms with Crippen LogP contribution in [0.5, 0.6) is 0 Å². The van der Waals surface area contributed by atoms with Crippen molar-refractivity contribution in [2.45, 2.75) is 90.6 Å². The number of benzene rings is 1. The SMILES string of the molecule is CCOP1(=O)CCN(Cc2ccc(F)cc2)CC1(CCCCN(C(=O)OC(C)(C)C)C(=O)OC(C)(C)C)C(=O)O. The van der Waals surface area contributed by atoms with Crippen LogP contribution in [-0.2, 0) is 29.9 Å². The van der Waals surface area contributed by atoms with Crippen LogP contribution in [0.15, 0.2) is 24.3 Å². The first-order valence-corrected chi connectivity index (χ1v) is 15.4. The fourth-order valence-corrected chi connectivity index (χ4v) is 7.54. The van der Waals surface area contributed by atoms with Gasteiger partial charge in [0.15, 0.2) is 5.16 Å². The smallest absolute Gasteiger partial charge is 0.419 e. The Morgan fingerprint density at radius 1 is 1.02 bits per heavy atom. The molecule has 2 rings (SSSR count). The lowest BCUT2D eigenvalue weighted by atomic mass is 9.99. The van der Waals surface area contributed by atoms with Crippen molar-refractivity contribution in [2.75, 3.05) is 32.4 Å². The van der Waals surface area contributed by atoms with Crippen molar-refractivity contribution in [3.63, 3.8) is 0 Å². The van der Waals surface area contributed by atoms with Crippen LogP contribution < -0.4 is 0 Å². The van der Waals surface area contributed by atoms with E-state index in [2.05, 4.69) is 0 Å². The molecule has 1 aliphatic heterocycles. The molecule has 12 heteroatoms. The average Bonchev–Trinajstić information content (AvgIpc) is 2.80. The number of rotatable bonds is 10. The van der Waals surface area contributed by atoms with Gasteiger partial charge in [-0.25, -0.2) is 18.9 Å². The number of carboxylic acid groups (broad SMARTS) is 1. The fourth-order valence-electron chi connectivity index (χ4n) is 4.57. The Bertz CT molecular complexity index is 1060. The zero-order valence-electron chi connectivity index (χ0n) is 24.7. The minimum Gasteiger partial charge on any atom is -0.480 e. The largest absolute Gasteiger partial charge is 0.480 e. The molecule has 10 nitrogen and oxygen atoms in total. The maximum atomic E-state index is 14.0. The molecule has 0 spiro atoms. The molecule has 1 fully saturated rings. The van der Waals surface area contributed by atoms with Crippen molar-refractivity contribution < 1.29 is 42.4 Å². The van der Waals surface area contributed by atoms with Crippen molar-refractivity contribution in [1.29, 1.82) is 0 Å². The monoisotopic (exact) mass is 586 g/mol. The number of halogens is 1. The van der Waals surface area contributed by atoms with E-state index in [0.29, 0.717) is 13.1 Å². The molecule has 0 aliphatic carbocycles. The number of hydrogen-bond acceptors (Lipinski definition) is 8. The Labute approximate surface area is 236 Å². The Balaban J connectivity index is 2.22. The lowest BCUT2D eigenvalue weighted by Gasteiger charge is -2.45. The second kappa shape index (κ2) is 13.4. The second-order valence-corrected chi connectivity index (χ2v) is 15.0. The Morgan fingerprint density at radius 3 is 2.05 bits per heavy atom. The van der Waals surface area contributed by atoms with E-state index in [9.17, 15) is 28.4 Å². The van der Waals surface area contributed by atoms with Gasteiger partial charge in [-0.15, -0.1) is 0 Å². The quantitative estimate of drug-likeness (QED) is 0.255. The average molecular weight is 587 g/mol. The first kappa shape index (κ1) is 33.7. The molecule has 40 heavy (non-hydrogen) atoms. The summed E-state index contributed by atoms with van der Waals surface area (Å²) in [6, 6.07) is 5.96. The van der Waals surface area contributed by atoms with Crippen LogP contribution in [0, 0.1) is 5.82 Å². The van der Waals surface area contributed by atoms with Crippen LogP contribution in [0.25, 0.3) is 0 Å². The maximum absolute atomic E-state index is 14.0. The van der Waals surface area contributed by atoms with Crippen LogP contribution in [0.1, 0.15) is 73.3 Å². The van der Waals surface area contributed by atoms with Crippen LogP contribution in [0.2, 0.25) is 0 Å². The van der Waals surface area contributed by atoms with E-state index >= 15 is 0 Å². The highest BCUT2D eigenvalue weighted by Gasteiger charge is 2.58. The Hall–Kier alpha value is -2.49. The van der Waals surface area contributed by atoms with Crippen LogP contribution in [0.4, 0.5) is 14.0 Å². The van der Waals surface area contributed by atoms with Crippen molar-refractivity contribution in [1.82, 2.24) is 9.80 Å². The van der Waals surface area contributed by atoms with Gasteiger partial charge in [-0.3, -0.25) is 14.3 Å². The number of imide groups is 1. The second-order valence-electron chi connectivity index (χ2n) is 12.1. The number of hydrogen-bond donors (Lipinski definition) is 1. The molecular formula is C28H44FN2O8P. The highest BCUT2D eigenvalue weighted by atomic mass is 31.2. The summed E-state index contributed by atoms with van der Waals surface area (Å²) in [7, 11) is -3.62. The minimum atomic E-state index is -3.62. The van der Waals surface area contributed by atoms with Crippen molar-refractivity contribution in [3.05, 3.63) is 35.6 Å². The van der Waals surface area contributed by atoms with Gasteiger partial charge in [0.2, 0.25) is 7.37 Å². The lowest BCUT2D eigenvalue weighted by Crippen LogP contribution is -2.54. The summed E-state index contributed by atoms with van der Waals surface area (Å²) in [5.41, 5.74) is -0.880. The van der Waals surface area contributed by atoms with Gasteiger partial charge in [-0.1, -0.05) is 12.1 Å². The summed E-state index contributed by atoms with van der Waals surface area (Å²) in [6.45, 7) is 12.5. The van der Waals surface area contributed by atoms with Gasteiger partial charge in [0.05, 0.1) is 6.61 Å². The third-order valence-corrected chi connectivity index (χ3v) is 9.68. The van der Waals surface area contributed by atoms with Crippen LogP contribution in [-0.4, -0.2) is 81.8 Å². The highest BCUT2D eigenvalue weighted by Crippen LogP contribution is 2.63. The normalized spacial score (nSPS) is 22.0. The summed E-state index contributed by atoms with van der Waals surface area (Å²) < 4.78 is 43.8. The van der Waals surface area contributed by atoms with Gasteiger partial charge < -0.3 is 19.1 Å². The molecule has 1 heterocycles. The van der Waals surface area contributed by atoms with Gasteiger partial charge >= 0.3 is 18.2 Å². The third-order valence-electron chi connectivity index (χ3n) is 6.35. The summed E-state index contributed by atoms with van der Waals surface area (Å²) in [4.78, 5) is 41.1. The van der Waals surface area contributed by atoms with Crippen molar-refractivity contribution in [3.8, 4) is 0 Å². The van der Waals surface area contributed by atoms with Crippen LogP contribution >= 0.6 is 7.37 Å². The highest BCUT2D eigenvalue weighted by molar-refractivity contribution is 7.62. The number of nitrogens with zero attached hydrogens (tertiary/aromatic N) is 2. The van der Waals surface area contributed by atoms with E-state index in [4.69, 9.17) is 14.0 Å². The Kier molecular flexibility index (Phi) is 11.3. The molecular weight excluding hydrogens is 542 g/mol. The molecule has 1 aromatic rings. The molecule has 1 N–H and O–H groups in total.